The summed E-state index contributed by atoms with van der Waals surface area (Å²) in [5, 5.41) is 3.37. The molecule has 0 saturated heterocycles. The first-order valence-electron chi connectivity index (χ1n) is 8.98. The second-order valence-corrected chi connectivity index (χ2v) is 6.81. The number of benzene rings is 2. The minimum atomic E-state index is 0.534. The van der Waals surface area contributed by atoms with Crippen LogP contribution in [0.15, 0.2) is 54.7 Å². The molecule has 0 saturated carbocycles. The Kier molecular flexibility index (Phi) is 5.06. The molecule has 2 nitrogen and oxygen atoms in total. The maximum atomic E-state index is 4.16. The van der Waals surface area contributed by atoms with Crippen molar-refractivity contribution in [3.8, 4) is 11.1 Å². The molecular formula is C22H28N2. The van der Waals surface area contributed by atoms with Crippen molar-refractivity contribution in [1.29, 1.82) is 0 Å². The molecule has 0 fully saturated rings. The van der Waals surface area contributed by atoms with Gasteiger partial charge in [0.05, 0.1) is 0 Å². The fraction of sp³-hybridized carbons (Fsp3) is 0.364. The van der Waals surface area contributed by atoms with Crippen LogP contribution in [-0.4, -0.2) is 12.6 Å². The number of nitrogens with zero attached hydrogens (tertiary/aromatic N) is 1. The van der Waals surface area contributed by atoms with Gasteiger partial charge >= 0.3 is 0 Å². The van der Waals surface area contributed by atoms with E-state index in [2.05, 4.69) is 80.0 Å². The predicted molar refractivity (Wildman–Crippen MR) is 104 cm³/mol. The monoisotopic (exact) mass is 320 g/mol. The third-order valence-corrected chi connectivity index (χ3v) is 4.89. The van der Waals surface area contributed by atoms with E-state index in [4.69, 9.17) is 0 Å². The number of allylic oxidation sites excluding steroid dienone is 1. The molecule has 1 aliphatic heterocycles. The first-order chi connectivity index (χ1) is 11.6. The highest BCUT2D eigenvalue weighted by atomic mass is 15.2. The first kappa shape index (κ1) is 16.8. The van der Waals surface area contributed by atoms with Crippen LogP contribution in [0.3, 0.4) is 0 Å². The van der Waals surface area contributed by atoms with Gasteiger partial charge in [-0.05, 0) is 67.6 Å². The molecule has 0 aliphatic carbocycles. The third kappa shape index (κ3) is 3.39. The molecule has 2 heteroatoms. The second-order valence-electron chi connectivity index (χ2n) is 6.81. The molecule has 1 aliphatic rings. The van der Waals surface area contributed by atoms with Gasteiger partial charge in [-0.25, -0.2) is 0 Å². The van der Waals surface area contributed by atoms with E-state index in [0.717, 1.165) is 25.2 Å². The van der Waals surface area contributed by atoms with Crippen LogP contribution in [0.1, 0.15) is 38.3 Å². The summed E-state index contributed by atoms with van der Waals surface area (Å²) >= 11 is 0. The van der Waals surface area contributed by atoms with Gasteiger partial charge in [0.15, 0.2) is 0 Å². The number of rotatable bonds is 5. The Labute approximate surface area is 146 Å². The molecule has 0 radical (unpaired) electrons. The van der Waals surface area contributed by atoms with Crippen molar-refractivity contribution >= 4 is 5.69 Å². The normalized spacial score (nSPS) is 16.8. The van der Waals surface area contributed by atoms with E-state index in [1.54, 1.807) is 0 Å². The van der Waals surface area contributed by atoms with E-state index >= 15 is 0 Å². The SMILES string of the molecule is C=C(C)N1c2ccc(-c3ccc(CNCC)cc3)cc2CC[C@@H]1C. The van der Waals surface area contributed by atoms with E-state index in [1.807, 2.05) is 0 Å². The molecular weight excluding hydrogens is 292 g/mol. The highest BCUT2D eigenvalue weighted by Crippen LogP contribution is 2.35. The van der Waals surface area contributed by atoms with E-state index < -0.39 is 0 Å². The van der Waals surface area contributed by atoms with Gasteiger partial charge in [-0.1, -0.05) is 43.8 Å². The topological polar surface area (TPSA) is 15.3 Å². The molecule has 1 heterocycles. The third-order valence-electron chi connectivity index (χ3n) is 4.89. The average molecular weight is 320 g/mol. The maximum absolute atomic E-state index is 4.16. The number of hydrogen-bond donors (Lipinski definition) is 1. The summed E-state index contributed by atoms with van der Waals surface area (Å²) in [5.41, 5.74) is 7.82. The van der Waals surface area contributed by atoms with E-state index in [0.29, 0.717) is 6.04 Å². The summed E-state index contributed by atoms with van der Waals surface area (Å²) in [4.78, 5) is 2.38. The van der Waals surface area contributed by atoms with E-state index in [-0.39, 0.29) is 0 Å². The summed E-state index contributed by atoms with van der Waals surface area (Å²) in [6, 6.07) is 16.3. The molecule has 0 amide bonds. The zero-order chi connectivity index (χ0) is 17.1. The lowest BCUT2D eigenvalue weighted by Gasteiger charge is -2.37. The summed E-state index contributed by atoms with van der Waals surface area (Å²) in [5.74, 6) is 0. The van der Waals surface area contributed by atoms with Crippen molar-refractivity contribution in [2.75, 3.05) is 11.4 Å². The molecule has 1 N–H and O–H groups in total. The Balaban J connectivity index is 1.87. The number of anilines is 1. The molecule has 0 unspecified atom stereocenters. The van der Waals surface area contributed by atoms with Crippen molar-refractivity contribution in [3.63, 3.8) is 0 Å². The van der Waals surface area contributed by atoms with Crippen molar-refractivity contribution in [2.45, 2.75) is 46.2 Å². The molecule has 126 valence electrons. The van der Waals surface area contributed by atoms with Crippen LogP contribution in [0, 0.1) is 0 Å². The molecule has 0 spiro atoms. The van der Waals surface area contributed by atoms with Crippen LogP contribution in [0.2, 0.25) is 0 Å². The summed E-state index contributed by atoms with van der Waals surface area (Å²) in [6.45, 7) is 12.6. The Morgan fingerprint density at radius 3 is 2.54 bits per heavy atom. The number of aryl methyl sites for hydroxylation is 1. The predicted octanol–water partition coefficient (Wildman–Crippen LogP) is 5.14. The molecule has 2 aromatic rings. The van der Waals surface area contributed by atoms with Gasteiger partial charge in [0.25, 0.3) is 0 Å². The largest absolute Gasteiger partial charge is 0.343 e. The van der Waals surface area contributed by atoms with Gasteiger partial charge < -0.3 is 10.2 Å². The Morgan fingerprint density at radius 1 is 1.17 bits per heavy atom. The minimum Gasteiger partial charge on any atom is -0.343 e. The van der Waals surface area contributed by atoms with Crippen LogP contribution < -0.4 is 10.2 Å². The number of fused-ring (bicyclic) bond motifs is 1. The van der Waals surface area contributed by atoms with Gasteiger partial charge in [0, 0.05) is 24.0 Å². The lowest BCUT2D eigenvalue weighted by molar-refractivity contribution is 0.601. The standard InChI is InChI=1S/C22H28N2/c1-5-23-15-18-7-10-19(11-8-18)20-12-13-22-21(14-20)9-6-17(4)24(22)16(2)3/h7-8,10-14,17,23H,2,5-6,9,15H2,1,3-4H3/t17-/m0/s1. The van der Waals surface area contributed by atoms with Gasteiger partial charge in [-0.2, -0.15) is 0 Å². The Morgan fingerprint density at radius 2 is 1.88 bits per heavy atom. The highest BCUT2D eigenvalue weighted by molar-refractivity contribution is 5.71. The molecule has 0 bridgehead atoms. The van der Waals surface area contributed by atoms with Crippen LogP contribution in [-0.2, 0) is 13.0 Å². The molecule has 2 aromatic carbocycles. The smallest absolute Gasteiger partial charge is 0.0443 e. The quantitative estimate of drug-likeness (QED) is 0.821. The van der Waals surface area contributed by atoms with Crippen molar-refractivity contribution in [2.24, 2.45) is 0 Å². The van der Waals surface area contributed by atoms with Crippen LogP contribution >= 0.6 is 0 Å². The molecule has 24 heavy (non-hydrogen) atoms. The van der Waals surface area contributed by atoms with Crippen molar-refractivity contribution < 1.29 is 0 Å². The van der Waals surface area contributed by atoms with Crippen molar-refractivity contribution in [3.05, 3.63) is 65.9 Å². The lowest BCUT2D eigenvalue weighted by atomic mass is 9.92. The van der Waals surface area contributed by atoms with Gasteiger partial charge in [0.1, 0.15) is 0 Å². The molecule has 1 atom stereocenters. The van der Waals surface area contributed by atoms with Crippen LogP contribution in [0.4, 0.5) is 5.69 Å². The molecule has 3 rings (SSSR count). The van der Waals surface area contributed by atoms with E-state index in [1.165, 1.54) is 34.4 Å². The summed E-state index contributed by atoms with van der Waals surface area (Å²) in [6.07, 6.45) is 2.33. The average Bonchev–Trinajstić information content (AvgIpc) is 2.59. The zero-order valence-corrected chi connectivity index (χ0v) is 15.1. The van der Waals surface area contributed by atoms with Gasteiger partial charge in [0.2, 0.25) is 0 Å². The fourth-order valence-electron chi connectivity index (χ4n) is 3.60. The number of hydrogen-bond acceptors (Lipinski definition) is 2. The Bertz CT molecular complexity index is 715. The highest BCUT2D eigenvalue weighted by Gasteiger charge is 2.23. The maximum Gasteiger partial charge on any atom is 0.0443 e. The number of nitrogens with one attached hydrogen (secondary N) is 1. The molecule has 0 aromatic heterocycles. The van der Waals surface area contributed by atoms with Gasteiger partial charge in [-0.15, -0.1) is 0 Å². The lowest BCUT2D eigenvalue weighted by Crippen LogP contribution is -2.35. The first-order valence-corrected chi connectivity index (χ1v) is 8.98. The Hall–Kier alpha value is -2.06. The summed E-state index contributed by atoms with van der Waals surface area (Å²) in [7, 11) is 0. The van der Waals surface area contributed by atoms with Crippen LogP contribution in [0.5, 0.6) is 0 Å². The minimum absolute atomic E-state index is 0.534. The van der Waals surface area contributed by atoms with E-state index in [9.17, 15) is 0 Å². The second kappa shape index (κ2) is 7.23. The van der Waals surface area contributed by atoms with Gasteiger partial charge in [-0.3, -0.25) is 0 Å². The zero-order valence-electron chi connectivity index (χ0n) is 15.1. The van der Waals surface area contributed by atoms with Crippen molar-refractivity contribution in [1.82, 2.24) is 5.32 Å². The summed E-state index contributed by atoms with van der Waals surface area (Å²) < 4.78 is 0. The van der Waals surface area contributed by atoms with Crippen LogP contribution in [0.25, 0.3) is 11.1 Å². The fourth-order valence-corrected chi connectivity index (χ4v) is 3.60.